The van der Waals surface area contributed by atoms with Crippen LogP contribution in [0.25, 0.3) is 0 Å². The quantitative estimate of drug-likeness (QED) is 0.511. The van der Waals surface area contributed by atoms with Crippen molar-refractivity contribution in [3.05, 3.63) is 24.3 Å². The maximum Gasteiger partial charge on any atom is 0.409 e. The van der Waals surface area contributed by atoms with Crippen molar-refractivity contribution in [1.82, 2.24) is 9.80 Å². The van der Waals surface area contributed by atoms with Crippen LogP contribution in [0.1, 0.15) is 6.92 Å². The Morgan fingerprint density at radius 3 is 2.29 bits per heavy atom. The third-order valence-electron chi connectivity index (χ3n) is 5.66. The van der Waals surface area contributed by atoms with Gasteiger partial charge in [0.15, 0.2) is 0 Å². The van der Waals surface area contributed by atoms with E-state index in [0.717, 1.165) is 50.8 Å². The Balaban J connectivity index is 1.18. The van der Waals surface area contributed by atoms with Gasteiger partial charge in [-0.2, -0.15) is 0 Å². The predicted octanol–water partition coefficient (Wildman–Crippen LogP) is 0.804. The van der Waals surface area contributed by atoms with Crippen LogP contribution >= 0.6 is 0 Å². The molecule has 0 radical (unpaired) electrons. The smallest absolute Gasteiger partial charge is 0.409 e. The minimum absolute atomic E-state index is 0.229. The number of aliphatic hydroxyl groups is 1. The molecule has 1 aromatic rings. The number of rotatable bonds is 11. The van der Waals surface area contributed by atoms with Crippen molar-refractivity contribution in [2.45, 2.75) is 25.2 Å². The molecular formula is C22H33N3O6. The second kappa shape index (κ2) is 10.5. The van der Waals surface area contributed by atoms with Gasteiger partial charge in [0.2, 0.25) is 0 Å². The van der Waals surface area contributed by atoms with Crippen LogP contribution < -0.4 is 9.64 Å². The monoisotopic (exact) mass is 435 g/mol. The molecule has 1 amide bonds. The lowest BCUT2D eigenvalue weighted by Gasteiger charge is -2.34. The van der Waals surface area contributed by atoms with E-state index in [-0.39, 0.29) is 12.7 Å². The summed E-state index contributed by atoms with van der Waals surface area (Å²) < 4.78 is 21.6. The summed E-state index contributed by atoms with van der Waals surface area (Å²) in [5, 5.41) is 10.4. The van der Waals surface area contributed by atoms with Crippen LogP contribution in [0.2, 0.25) is 0 Å². The third kappa shape index (κ3) is 6.96. The molecule has 1 N–H and O–H groups in total. The number of piperazine rings is 1. The van der Waals surface area contributed by atoms with Crippen molar-refractivity contribution in [3.8, 4) is 5.75 Å². The van der Waals surface area contributed by atoms with Gasteiger partial charge in [-0.1, -0.05) is 0 Å². The van der Waals surface area contributed by atoms with Crippen LogP contribution in [0.3, 0.4) is 0 Å². The lowest BCUT2D eigenvalue weighted by Crippen LogP contribution is -2.51. The molecule has 0 bridgehead atoms. The fourth-order valence-electron chi connectivity index (χ4n) is 3.75. The van der Waals surface area contributed by atoms with Crippen LogP contribution in [-0.4, -0.2) is 112 Å². The van der Waals surface area contributed by atoms with Crippen molar-refractivity contribution < 1.29 is 28.8 Å². The molecule has 3 aliphatic heterocycles. The van der Waals surface area contributed by atoms with E-state index in [4.69, 9.17) is 18.9 Å². The first-order chi connectivity index (χ1) is 15.1. The molecule has 3 unspecified atom stereocenters. The third-order valence-corrected chi connectivity index (χ3v) is 5.66. The highest BCUT2D eigenvalue weighted by molar-refractivity contribution is 5.67. The summed E-state index contributed by atoms with van der Waals surface area (Å²) in [6.45, 7) is 9.02. The van der Waals surface area contributed by atoms with E-state index in [2.05, 4.69) is 9.80 Å². The maximum atomic E-state index is 11.8. The molecule has 0 spiro atoms. The Morgan fingerprint density at radius 1 is 1.13 bits per heavy atom. The molecule has 172 valence electrons. The first-order valence-electron chi connectivity index (χ1n) is 11.1. The van der Waals surface area contributed by atoms with Gasteiger partial charge in [-0.3, -0.25) is 4.90 Å². The van der Waals surface area contributed by atoms with Gasteiger partial charge in [0, 0.05) is 51.5 Å². The second-order valence-corrected chi connectivity index (χ2v) is 8.26. The Kier molecular flexibility index (Phi) is 7.49. The highest BCUT2D eigenvalue weighted by Gasteiger charge is 2.31. The normalized spacial score (nSPS) is 23.9. The van der Waals surface area contributed by atoms with Crippen LogP contribution in [0.4, 0.5) is 10.5 Å². The maximum absolute atomic E-state index is 11.8. The van der Waals surface area contributed by atoms with Crippen LogP contribution in [0.15, 0.2) is 24.3 Å². The summed E-state index contributed by atoms with van der Waals surface area (Å²) in [7, 11) is 0. The fraction of sp³-hybridized carbons (Fsp3) is 0.682. The van der Waals surface area contributed by atoms with Gasteiger partial charge in [-0.05, 0) is 31.2 Å². The molecule has 31 heavy (non-hydrogen) atoms. The Hall–Kier alpha value is -2.07. The SMILES string of the molecule is CCOC(=O)N1CCN(CC(O)COc2ccc(N(CC3CO3)CC3CO3)cc2)CC1. The fourth-order valence-corrected chi connectivity index (χ4v) is 3.75. The van der Waals surface area contributed by atoms with Crippen LogP contribution in [0, 0.1) is 0 Å². The first-order valence-corrected chi connectivity index (χ1v) is 11.1. The average molecular weight is 436 g/mol. The summed E-state index contributed by atoms with van der Waals surface area (Å²) in [6.07, 6.45) is -0.209. The molecule has 3 aliphatic rings. The van der Waals surface area contributed by atoms with Crippen molar-refractivity contribution in [2.75, 3.05) is 77.1 Å². The molecule has 0 aliphatic carbocycles. The van der Waals surface area contributed by atoms with Crippen molar-refractivity contribution >= 4 is 11.8 Å². The molecule has 9 nitrogen and oxygen atoms in total. The van der Waals surface area contributed by atoms with E-state index in [9.17, 15) is 9.90 Å². The van der Waals surface area contributed by atoms with E-state index in [1.54, 1.807) is 11.8 Å². The average Bonchev–Trinajstić information content (AvgIpc) is 3.70. The van der Waals surface area contributed by atoms with Gasteiger partial charge in [-0.15, -0.1) is 0 Å². The Bertz CT molecular complexity index is 688. The summed E-state index contributed by atoms with van der Waals surface area (Å²) in [5.74, 6) is 0.736. The molecule has 3 atom stereocenters. The number of aliphatic hydroxyl groups excluding tert-OH is 1. The highest BCUT2D eigenvalue weighted by Crippen LogP contribution is 2.24. The van der Waals surface area contributed by atoms with Gasteiger partial charge in [-0.25, -0.2) is 4.79 Å². The first kappa shape index (κ1) is 22.1. The predicted molar refractivity (Wildman–Crippen MR) is 115 cm³/mol. The van der Waals surface area contributed by atoms with Gasteiger partial charge in [0.25, 0.3) is 0 Å². The second-order valence-electron chi connectivity index (χ2n) is 8.26. The van der Waals surface area contributed by atoms with Crippen LogP contribution in [0.5, 0.6) is 5.75 Å². The Morgan fingerprint density at radius 2 is 1.74 bits per heavy atom. The van der Waals surface area contributed by atoms with E-state index in [1.807, 2.05) is 24.3 Å². The van der Waals surface area contributed by atoms with Crippen LogP contribution in [-0.2, 0) is 14.2 Å². The van der Waals surface area contributed by atoms with E-state index < -0.39 is 6.10 Å². The lowest BCUT2D eigenvalue weighted by atomic mass is 10.2. The van der Waals surface area contributed by atoms with Gasteiger partial charge >= 0.3 is 6.09 Å². The largest absolute Gasteiger partial charge is 0.491 e. The number of ether oxygens (including phenoxy) is 4. The topological polar surface area (TPSA) is 90.5 Å². The number of hydrogen-bond donors (Lipinski definition) is 1. The molecule has 0 aromatic heterocycles. The summed E-state index contributed by atoms with van der Waals surface area (Å²) in [6, 6.07) is 7.96. The van der Waals surface area contributed by atoms with E-state index in [1.165, 1.54) is 0 Å². The zero-order valence-electron chi connectivity index (χ0n) is 18.1. The highest BCUT2D eigenvalue weighted by atomic mass is 16.6. The van der Waals surface area contributed by atoms with Gasteiger partial charge in [0.05, 0.1) is 32.0 Å². The molecule has 4 rings (SSSR count). The summed E-state index contributed by atoms with van der Waals surface area (Å²) in [5.41, 5.74) is 1.12. The standard InChI is InChI=1S/C22H33N3O6/c1-2-28-22(27)24-9-7-23(8-10-24)11-18(26)14-29-19-5-3-17(4-6-19)25(12-20-15-30-20)13-21-16-31-21/h3-6,18,20-21,26H,2,7-16H2,1H3. The van der Waals surface area contributed by atoms with Crippen molar-refractivity contribution in [1.29, 1.82) is 0 Å². The zero-order valence-corrected chi connectivity index (χ0v) is 18.1. The van der Waals surface area contributed by atoms with Gasteiger partial charge < -0.3 is 33.9 Å². The van der Waals surface area contributed by atoms with Crippen molar-refractivity contribution in [2.24, 2.45) is 0 Å². The summed E-state index contributed by atoms with van der Waals surface area (Å²) in [4.78, 5) is 17.9. The van der Waals surface area contributed by atoms with E-state index in [0.29, 0.717) is 38.4 Å². The number of hydrogen-bond acceptors (Lipinski definition) is 8. The number of amides is 1. The van der Waals surface area contributed by atoms with E-state index >= 15 is 0 Å². The van der Waals surface area contributed by atoms with Gasteiger partial charge in [0.1, 0.15) is 18.5 Å². The number of epoxide rings is 2. The molecule has 3 heterocycles. The Labute approximate surface area is 183 Å². The molecular weight excluding hydrogens is 402 g/mol. The molecule has 1 aromatic carbocycles. The number of β-amino-alcohol motifs (C(OH)–C–C–N with tert-alkyl or cyclic N) is 1. The summed E-state index contributed by atoms with van der Waals surface area (Å²) >= 11 is 0. The zero-order chi connectivity index (χ0) is 21.6. The minimum atomic E-state index is -0.593. The number of anilines is 1. The minimum Gasteiger partial charge on any atom is -0.491 e. The lowest BCUT2D eigenvalue weighted by molar-refractivity contribution is 0.0408. The number of carbonyl (C=O) groups excluding carboxylic acids is 1. The molecule has 3 fully saturated rings. The number of nitrogens with zero attached hydrogens (tertiary/aromatic N) is 3. The molecule has 9 heteroatoms. The molecule has 0 saturated carbocycles. The van der Waals surface area contributed by atoms with Crippen molar-refractivity contribution in [3.63, 3.8) is 0 Å². The number of carbonyl (C=O) groups is 1. The number of benzene rings is 1. The molecule has 3 saturated heterocycles.